The molecule has 1 aromatic carbocycles. The Hall–Kier alpha value is -1.48. The third kappa shape index (κ3) is 5.53. The molecule has 2 fully saturated rings. The molecule has 1 N–H and O–H groups in total. The standard InChI is InChI=1S/C20H32N4O3S/c1-17-13-18(2)15-19(14-17)21-20(25)16-22-9-11-24(12-10-22)28(26,27)23-7-5-3-4-6-8-23/h13-15H,3-12,16H2,1-2H3,(H,21,25). The minimum absolute atomic E-state index is 0.0613. The summed E-state index contributed by atoms with van der Waals surface area (Å²) >= 11 is 0. The highest BCUT2D eigenvalue weighted by Gasteiger charge is 2.32. The second kappa shape index (κ2) is 9.35. The van der Waals surface area contributed by atoms with Gasteiger partial charge in [-0.2, -0.15) is 17.0 Å². The molecule has 0 unspecified atom stereocenters. The maximum absolute atomic E-state index is 12.9. The van der Waals surface area contributed by atoms with Gasteiger partial charge in [0.25, 0.3) is 10.2 Å². The van der Waals surface area contributed by atoms with Crippen molar-refractivity contribution >= 4 is 21.8 Å². The fraction of sp³-hybridized carbons (Fsp3) is 0.650. The first-order valence-corrected chi connectivity index (χ1v) is 11.6. The van der Waals surface area contributed by atoms with Gasteiger partial charge in [0.05, 0.1) is 6.54 Å². The van der Waals surface area contributed by atoms with Crippen LogP contribution in [0.2, 0.25) is 0 Å². The van der Waals surface area contributed by atoms with Gasteiger partial charge in [-0.1, -0.05) is 18.9 Å². The van der Waals surface area contributed by atoms with Gasteiger partial charge in [-0.15, -0.1) is 0 Å². The molecule has 8 heteroatoms. The molecule has 7 nitrogen and oxygen atoms in total. The number of hydrogen-bond donors (Lipinski definition) is 1. The molecule has 2 aliphatic heterocycles. The predicted octanol–water partition coefficient (Wildman–Crippen LogP) is 1.98. The summed E-state index contributed by atoms with van der Waals surface area (Å²) in [5, 5.41) is 2.95. The summed E-state index contributed by atoms with van der Waals surface area (Å²) in [5.74, 6) is -0.0613. The largest absolute Gasteiger partial charge is 0.325 e. The molecular formula is C20H32N4O3S. The average molecular weight is 409 g/mol. The third-order valence-electron chi connectivity index (χ3n) is 5.42. The molecule has 1 aromatic rings. The predicted molar refractivity (Wildman–Crippen MR) is 112 cm³/mol. The number of carbonyl (C=O) groups excluding carboxylic acids is 1. The maximum Gasteiger partial charge on any atom is 0.282 e. The van der Waals surface area contributed by atoms with E-state index in [1.165, 1.54) is 0 Å². The molecule has 0 aromatic heterocycles. The first-order valence-electron chi connectivity index (χ1n) is 10.2. The van der Waals surface area contributed by atoms with Crippen molar-refractivity contribution in [3.8, 4) is 0 Å². The van der Waals surface area contributed by atoms with Gasteiger partial charge in [-0.25, -0.2) is 0 Å². The van der Waals surface area contributed by atoms with Crippen LogP contribution in [0.1, 0.15) is 36.8 Å². The zero-order valence-corrected chi connectivity index (χ0v) is 17.8. The molecule has 2 heterocycles. The van der Waals surface area contributed by atoms with Crippen LogP contribution in [-0.2, 0) is 15.0 Å². The molecule has 0 spiro atoms. The molecule has 2 saturated heterocycles. The van der Waals surface area contributed by atoms with Crippen LogP contribution in [0.4, 0.5) is 5.69 Å². The summed E-state index contributed by atoms with van der Waals surface area (Å²) in [6, 6.07) is 5.98. The number of nitrogens with one attached hydrogen (secondary N) is 1. The van der Waals surface area contributed by atoms with Gasteiger partial charge in [0, 0.05) is 45.0 Å². The lowest BCUT2D eigenvalue weighted by atomic mass is 10.1. The number of amides is 1. The van der Waals surface area contributed by atoms with E-state index in [-0.39, 0.29) is 12.5 Å². The Balaban J connectivity index is 1.50. The van der Waals surface area contributed by atoms with E-state index in [1.54, 1.807) is 8.61 Å². The number of benzene rings is 1. The minimum atomic E-state index is -3.38. The van der Waals surface area contributed by atoms with Crippen LogP contribution in [0.15, 0.2) is 18.2 Å². The van der Waals surface area contributed by atoms with Crippen molar-refractivity contribution in [2.45, 2.75) is 39.5 Å². The van der Waals surface area contributed by atoms with Gasteiger partial charge in [-0.05, 0) is 49.9 Å². The Kier molecular flexibility index (Phi) is 7.09. The van der Waals surface area contributed by atoms with Crippen LogP contribution in [0, 0.1) is 13.8 Å². The Morgan fingerprint density at radius 2 is 1.39 bits per heavy atom. The van der Waals surface area contributed by atoms with Crippen molar-refractivity contribution in [2.24, 2.45) is 0 Å². The normalized spacial score (nSPS) is 20.6. The summed E-state index contributed by atoms with van der Waals surface area (Å²) in [6.45, 7) is 7.58. The van der Waals surface area contributed by atoms with Crippen molar-refractivity contribution < 1.29 is 13.2 Å². The molecule has 0 radical (unpaired) electrons. The molecular weight excluding hydrogens is 376 g/mol. The fourth-order valence-corrected chi connectivity index (χ4v) is 5.68. The molecule has 3 rings (SSSR count). The summed E-state index contributed by atoms with van der Waals surface area (Å²) in [5.41, 5.74) is 3.04. The zero-order chi connectivity index (χ0) is 20.1. The highest BCUT2D eigenvalue weighted by molar-refractivity contribution is 7.86. The molecule has 0 aliphatic carbocycles. The number of carbonyl (C=O) groups is 1. The summed E-state index contributed by atoms with van der Waals surface area (Å²) < 4.78 is 29.0. The fourth-order valence-electron chi connectivity index (χ4n) is 4.00. The van der Waals surface area contributed by atoms with Crippen LogP contribution < -0.4 is 5.32 Å². The maximum atomic E-state index is 12.9. The number of anilines is 1. The van der Waals surface area contributed by atoms with Gasteiger partial charge in [0.2, 0.25) is 5.91 Å². The van der Waals surface area contributed by atoms with E-state index in [0.717, 1.165) is 42.5 Å². The second-order valence-corrected chi connectivity index (χ2v) is 9.85. The van der Waals surface area contributed by atoms with Crippen molar-refractivity contribution in [2.75, 3.05) is 51.1 Å². The monoisotopic (exact) mass is 408 g/mol. The number of aryl methyl sites for hydroxylation is 2. The van der Waals surface area contributed by atoms with Gasteiger partial charge >= 0.3 is 0 Å². The second-order valence-electron chi connectivity index (χ2n) is 7.92. The molecule has 2 aliphatic rings. The van der Waals surface area contributed by atoms with Gasteiger partial charge in [0.1, 0.15) is 0 Å². The Bertz CT molecular complexity index is 760. The van der Waals surface area contributed by atoms with E-state index in [1.807, 2.05) is 30.9 Å². The van der Waals surface area contributed by atoms with E-state index in [0.29, 0.717) is 39.3 Å². The molecule has 0 bridgehead atoms. The lowest BCUT2D eigenvalue weighted by Gasteiger charge is -2.36. The molecule has 156 valence electrons. The van der Waals surface area contributed by atoms with Crippen molar-refractivity contribution in [3.63, 3.8) is 0 Å². The van der Waals surface area contributed by atoms with E-state index in [2.05, 4.69) is 11.4 Å². The van der Waals surface area contributed by atoms with Crippen LogP contribution >= 0.6 is 0 Å². The summed E-state index contributed by atoms with van der Waals surface area (Å²) in [6.07, 6.45) is 4.10. The van der Waals surface area contributed by atoms with Crippen molar-refractivity contribution in [3.05, 3.63) is 29.3 Å². The van der Waals surface area contributed by atoms with Gasteiger partial charge in [-0.3, -0.25) is 9.69 Å². The number of nitrogens with zero attached hydrogens (tertiary/aromatic N) is 3. The lowest BCUT2D eigenvalue weighted by molar-refractivity contribution is -0.117. The average Bonchev–Trinajstić information content (AvgIpc) is 2.91. The molecule has 1 amide bonds. The Morgan fingerprint density at radius 3 is 1.96 bits per heavy atom. The third-order valence-corrected chi connectivity index (χ3v) is 7.46. The van der Waals surface area contributed by atoms with E-state index in [4.69, 9.17) is 0 Å². The molecule has 0 atom stereocenters. The zero-order valence-electron chi connectivity index (χ0n) is 17.0. The van der Waals surface area contributed by atoms with Crippen LogP contribution in [0.3, 0.4) is 0 Å². The van der Waals surface area contributed by atoms with Crippen molar-refractivity contribution in [1.82, 2.24) is 13.5 Å². The van der Waals surface area contributed by atoms with E-state index >= 15 is 0 Å². The first kappa shape index (κ1) is 21.2. The highest BCUT2D eigenvalue weighted by atomic mass is 32.2. The Morgan fingerprint density at radius 1 is 0.857 bits per heavy atom. The number of hydrogen-bond acceptors (Lipinski definition) is 4. The van der Waals surface area contributed by atoms with E-state index in [9.17, 15) is 13.2 Å². The summed E-state index contributed by atoms with van der Waals surface area (Å²) in [7, 11) is -3.38. The summed E-state index contributed by atoms with van der Waals surface area (Å²) in [4.78, 5) is 14.4. The van der Waals surface area contributed by atoms with Crippen LogP contribution in [0.5, 0.6) is 0 Å². The molecule has 28 heavy (non-hydrogen) atoms. The van der Waals surface area contributed by atoms with Crippen LogP contribution in [-0.4, -0.2) is 73.6 Å². The Labute approximate surface area is 168 Å². The topological polar surface area (TPSA) is 73.0 Å². The highest BCUT2D eigenvalue weighted by Crippen LogP contribution is 2.18. The van der Waals surface area contributed by atoms with Crippen molar-refractivity contribution in [1.29, 1.82) is 0 Å². The smallest absolute Gasteiger partial charge is 0.282 e. The van der Waals surface area contributed by atoms with Gasteiger partial charge < -0.3 is 5.32 Å². The minimum Gasteiger partial charge on any atom is -0.325 e. The first-order chi connectivity index (χ1) is 13.3. The van der Waals surface area contributed by atoms with Gasteiger partial charge in [0.15, 0.2) is 0 Å². The quantitative estimate of drug-likeness (QED) is 0.809. The number of rotatable bonds is 5. The number of piperazine rings is 1. The van der Waals surface area contributed by atoms with Crippen LogP contribution in [0.25, 0.3) is 0 Å². The van der Waals surface area contributed by atoms with E-state index < -0.39 is 10.2 Å². The SMILES string of the molecule is Cc1cc(C)cc(NC(=O)CN2CCN(S(=O)(=O)N3CCCCCC3)CC2)c1. The lowest BCUT2D eigenvalue weighted by Crippen LogP contribution is -2.54. The molecule has 0 saturated carbocycles.